The van der Waals surface area contributed by atoms with Gasteiger partial charge in [-0.2, -0.15) is 0 Å². The van der Waals surface area contributed by atoms with Crippen LogP contribution in [0.3, 0.4) is 0 Å². The van der Waals surface area contributed by atoms with E-state index in [0.29, 0.717) is 29.5 Å². The van der Waals surface area contributed by atoms with E-state index >= 15 is 0 Å². The van der Waals surface area contributed by atoms with E-state index in [0.717, 1.165) is 0 Å². The second kappa shape index (κ2) is 10.5. The summed E-state index contributed by atoms with van der Waals surface area (Å²) in [5.41, 5.74) is 0.653. The minimum Gasteiger partial charge on any atom is -0.495 e. The standard InChI is InChI=1S/C23H24N2O6S/c1-3-30-20-12-9-17(10-13-20)25-32(27,28)22-15-18(11-14-21(22)29-2)24-23(26)16-31-19-7-5-4-6-8-19/h4-15,25H,3,16H2,1-2H3,(H,24,26). The number of para-hydroxylation sites is 1. The first-order valence-electron chi connectivity index (χ1n) is 9.82. The van der Waals surface area contributed by atoms with Crippen molar-refractivity contribution in [1.29, 1.82) is 0 Å². The van der Waals surface area contributed by atoms with Gasteiger partial charge in [0.25, 0.3) is 15.9 Å². The third-order valence-corrected chi connectivity index (χ3v) is 5.67. The molecule has 0 aromatic heterocycles. The highest BCUT2D eigenvalue weighted by atomic mass is 32.2. The lowest BCUT2D eigenvalue weighted by Crippen LogP contribution is -2.21. The Morgan fingerprint density at radius 2 is 1.53 bits per heavy atom. The van der Waals surface area contributed by atoms with Crippen molar-refractivity contribution in [1.82, 2.24) is 0 Å². The molecule has 3 rings (SSSR count). The second-order valence-corrected chi connectivity index (χ2v) is 8.23. The van der Waals surface area contributed by atoms with Gasteiger partial charge in [0.2, 0.25) is 0 Å². The van der Waals surface area contributed by atoms with E-state index in [2.05, 4.69) is 10.0 Å². The molecular formula is C23H24N2O6S. The molecule has 0 aliphatic heterocycles. The van der Waals surface area contributed by atoms with Crippen molar-refractivity contribution in [3.05, 3.63) is 72.8 Å². The van der Waals surface area contributed by atoms with Crippen LogP contribution in [0.25, 0.3) is 0 Å². The number of carbonyl (C=O) groups is 1. The number of carbonyl (C=O) groups excluding carboxylic acids is 1. The third kappa shape index (κ3) is 6.14. The van der Waals surface area contributed by atoms with E-state index in [4.69, 9.17) is 14.2 Å². The molecule has 168 valence electrons. The van der Waals surface area contributed by atoms with Gasteiger partial charge in [0.1, 0.15) is 22.1 Å². The molecule has 0 saturated heterocycles. The molecule has 0 aliphatic rings. The maximum atomic E-state index is 13.0. The maximum absolute atomic E-state index is 13.0. The maximum Gasteiger partial charge on any atom is 0.265 e. The zero-order valence-electron chi connectivity index (χ0n) is 17.7. The van der Waals surface area contributed by atoms with Gasteiger partial charge in [0, 0.05) is 11.4 Å². The molecule has 0 unspecified atom stereocenters. The van der Waals surface area contributed by atoms with Crippen LogP contribution in [0, 0.1) is 0 Å². The lowest BCUT2D eigenvalue weighted by atomic mass is 10.3. The number of anilines is 2. The Labute approximate surface area is 187 Å². The summed E-state index contributed by atoms with van der Waals surface area (Å²) < 4.78 is 44.5. The third-order valence-electron chi connectivity index (χ3n) is 4.27. The number of rotatable bonds is 10. The van der Waals surface area contributed by atoms with E-state index in [9.17, 15) is 13.2 Å². The summed E-state index contributed by atoms with van der Waals surface area (Å²) in [6.07, 6.45) is 0. The molecule has 3 aromatic rings. The first kappa shape index (κ1) is 23.0. The van der Waals surface area contributed by atoms with Gasteiger partial charge in [-0.15, -0.1) is 0 Å². The quantitative estimate of drug-likeness (QED) is 0.479. The number of nitrogens with one attached hydrogen (secondary N) is 2. The molecule has 0 atom stereocenters. The highest BCUT2D eigenvalue weighted by Crippen LogP contribution is 2.29. The molecular weight excluding hydrogens is 432 g/mol. The molecule has 32 heavy (non-hydrogen) atoms. The number of amides is 1. The molecule has 0 fully saturated rings. The summed E-state index contributed by atoms with van der Waals surface area (Å²) >= 11 is 0. The van der Waals surface area contributed by atoms with E-state index in [1.807, 2.05) is 13.0 Å². The van der Waals surface area contributed by atoms with Gasteiger partial charge in [-0.1, -0.05) is 18.2 Å². The summed E-state index contributed by atoms with van der Waals surface area (Å²) in [7, 11) is -2.62. The molecule has 0 heterocycles. The van der Waals surface area contributed by atoms with Gasteiger partial charge in [-0.25, -0.2) is 8.42 Å². The number of sulfonamides is 1. The topological polar surface area (TPSA) is 103 Å². The Hall–Kier alpha value is -3.72. The largest absolute Gasteiger partial charge is 0.495 e. The van der Waals surface area contributed by atoms with Crippen LogP contribution in [0.2, 0.25) is 0 Å². The Morgan fingerprint density at radius 3 is 2.19 bits per heavy atom. The van der Waals surface area contributed by atoms with Gasteiger partial charge < -0.3 is 19.5 Å². The average molecular weight is 457 g/mol. The molecule has 8 nitrogen and oxygen atoms in total. The highest BCUT2D eigenvalue weighted by molar-refractivity contribution is 7.92. The van der Waals surface area contributed by atoms with E-state index in [1.54, 1.807) is 54.6 Å². The van der Waals surface area contributed by atoms with Crippen molar-refractivity contribution >= 4 is 27.3 Å². The van der Waals surface area contributed by atoms with E-state index < -0.39 is 15.9 Å². The Kier molecular flexibility index (Phi) is 7.56. The van der Waals surface area contributed by atoms with Crippen LogP contribution in [0.4, 0.5) is 11.4 Å². The Morgan fingerprint density at radius 1 is 0.875 bits per heavy atom. The van der Waals surface area contributed by atoms with Crippen LogP contribution < -0.4 is 24.2 Å². The fourth-order valence-electron chi connectivity index (χ4n) is 2.82. The summed E-state index contributed by atoms with van der Waals surface area (Å²) in [6.45, 7) is 2.15. The molecule has 9 heteroatoms. The number of hydrogen-bond donors (Lipinski definition) is 2. The van der Waals surface area contributed by atoms with Gasteiger partial charge in [-0.3, -0.25) is 9.52 Å². The van der Waals surface area contributed by atoms with Gasteiger partial charge in [0.15, 0.2) is 6.61 Å². The highest BCUT2D eigenvalue weighted by Gasteiger charge is 2.21. The van der Waals surface area contributed by atoms with Crippen molar-refractivity contribution in [2.75, 3.05) is 30.4 Å². The fraction of sp³-hybridized carbons (Fsp3) is 0.174. The minimum atomic E-state index is -3.99. The van der Waals surface area contributed by atoms with Crippen molar-refractivity contribution in [2.45, 2.75) is 11.8 Å². The zero-order chi connectivity index (χ0) is 23.0. The lowest BCUT2D eigenvalue weighted by molar-refractivity contribution is -0.118. The molecule has 0 aliphatic carbocycles. The smallest absolute Gasteiger partial charge is 0.265 e. The Balaban J connectivity index is 1.73. The number of hydrogen-bond acceptors (Lipinski definition) is 6. The molecule has 0 spiro atoms. The molecule has 3 aromatic carbocycles. The number of methoxy groups -OCH3 is 1. The van der Waals surface area contributed by atoms with Crippen LogP contribution in [0.5, 0.6) is 17.2 Å². The van der Waals surface area contributed by atoms with Crippen molar-refractivity contribution in [2.24, 2.45) is 0 Å². The SMILES string of the molecule is CCOc1ccc(NS(=O)(=O)c2cc(NC(=O)COc3ccccc3)ccc2OC)cc1. The van der Waals surface area contributed by atoms with Crippen molar-refractivity contribution in [3.8, 4) is 17.2 Å². The van der Waals surface area contributed by atoms with Crippen molar-refractivity contribution in [3.63, 3.8) is 0 Å². The van der Waals surface area contributed by atoms with Gasteiger partial charge >= 0.3 is 0 Å². The number of benzene rings is 3. The van der Waals surface area contributed by atoms with Crippen LogP contribution in [-0.4, -0.2) is 34.6 Å². The predicted molar refractivity (Wildman–Crippen MR) is 122 cm³/mol. The first-order chi connectivity index (χ1) is 15.4. The van der Waals surface area contributed by atoms with Crippen LogP contribution in [0.1, 0.15) is 6.92 Å². The van der Waals surface area contributed by atoms with Crippen LogP contribution >= 0.6 is 0 Å². The van der Waals surface area contributed by atoms with Crippen LogP contribution in [0.15, 0.2) is 77.7 Å². The normalized spacial score (nSPS) is 10.8. The molecule has 0 bridgehead atoms. The molecule has 2 N–H and O–H groups in total. The monoisotopic (exact) mass is 456 g/mol. The fourth-order valence-corrected chi connectivity index (χ4v) is 4.08. The Bertz CT molecular complexity index is 1150. The van der Waals surface area contributed by atoms with Crippen LogP contribution in [-0.2, 0) is 14.8 Å². The molecule has 0 saturated carbocycles. The van der Waals surface area contributed by atoms with Crippen molar-refractivity contribution < 1.29 is 27.4 Å². The van der Waals surface area contributed by atoms with E-state index in [-0.39, 0.29) is 17.3 Å². The summed E-state index contributed by atoms with van der Waals surface area (Å²) in [6, 6.07) is 19.8. The summed E-state index contributed by atoms with van der Waals surface area (Å²) in [4.78, 5) is 12.1. The zero-order valence-corrected chi connectivity index (χ0v) is 18.5. The van der Waals surface area contributed by atoms with Gasteiger partial charge in [-0.05, 0) is 61.5 Å². The molecule has 1 amide bonds. The molecule has 0 radical (unpaired) electrons. The number of ether oxygens (including phenoxy) is 3. The minimum absolute atomic E-state index is 0.115. The van der Waals surface area contributed by atoms with E-state index in [1.165, 1.54) is 19.2 Å². The van der Waals surface area contributed by atoms with Gasteiger partial charge in [0.05, 0.1) is 13.7 Å². The summed E-state index contributed by atoms with van der Waals surface area (Å²) in [5.74, 6) is 0.902. The average Bonchev–Trinajstić information content (AvgIpc) is 2.80. The summed E-state index contributed by atoms with van der Waals surface area (Å²) in [5, 5.41) is 2.63. The predicted octanol–water partition coefficient (Wildman–Crippen LogP) is 3.91. The first-order valence-corrected chi connectivity index (χ1v) is 11.3. The lowest BCUT2D eigenvalue weighted by Gasteiger charge is -2.14. The second-order valence-electron chi connectivity index (χ2n) is 6.58.